The van der Waals surface area contributed by atoms with E-state index in [1.54, 1.807) is 19.1 Å². The summed E-state index contributed by atoms with van der Waals surface area (Å²) in [6.07, 6.45) is 1.17. The third kappa shape index (κ3) is 5.42. The van der Waals surface area contributed by atoms with Gasteiger partial charge in [0.1, 0.15) is 18.1 Å². The predicted molar refractivity (Wildman–Crippen MR) is 114 cm³/mol. The quantitative estimate of drug-likeness (QED) is 0.372. The highest BCUT2D eigenvalue weighted by Gasteiger charge is 2.28. The standard InChI is InChI=1S/C23H24N2O6/c1-4-29-23(26)31-22-16(3)24-15(2)12-20(22)19-10-5-6-11-21(19)30-14-17-8-7-9-18(13-17)25(27)28/h5-13,20,24H,4,14H2,1-3H3. The topological polar surface area (TPSA) is 99.9 Å². The highest BCUT2D eigenvalue weighted by molar-refractivity contribution is 5.63. The van der Waals surface area contributed by atoms with E-state index in [4.69, 9.17) is 14.2 Å². The third-order valence-electron chi connectivity index (χ3n) is 4.68. The molecule has 0 amide bonds. The number of dihydropyridines is 1. The molecule has 31 heavy (non-hydrogen) atoms. The van der Waals surface area contributed by atoms with Crippen molar-refractivity contribution in [2.75, 3.05) is 6.61 Å². The van der Waals surface area contributed by atoms with Gasteiger partial charge < -0.3 is 19.5 Å². The van der Waals surface area contributed by atoms with Crippen molar-refractivity contribution in [2.45, 2.75) is 33.3 Å². The number of nitro benzene ring substituents is 1. The Morgan fingerprint density at radius 2 is 1.94 bits per heavy atom. The number of rotatable bonds is 7. The summed E-state index contributed by atoms with van der Waals surface area (Å²) in [6, 6.07) is 13.7. The number of hydrogen-bond donors (Lipinski definition) is 1. The fraction of sp³-hybridized carbons (Fsp3) is 0.261. The van der Waals surface area contributed by atoms with E-state index < -0.39 is 11.1 Å². The minimum Gasteiger partial charge on any atom is -0.489 e. The van der Waals surface area contributed by atoms with Gasteiger partial charge in [0.15, 0.2) is 0 Å². The molecule has 0 saturated carbocycles. The van der Waals surface area contributed by atoms with E-state index >= 15 is 0 Å². The summed E-state index contributed by atoms with van der Waals surface area (Å²) in [6.45, 7) is 5.82. The molecule has 2 aromatic carbocycles. The highest BCUT2D eigenvalue weighted by atomic mass is 16.7. The molecule has 1 aliphatic heterocycles. The first-order valence-corrected chi connectivity index (χ1v) is 9.85. The summed E-state index contributed by atoms with van der Waals surface area (Å²) in [7, 11) is 0. The molecule has 8 nitrogen and oxygen atoms in total. The SMILES string of the molecule is CCOC(=O)OC1=C(C)NC(C)=CC1c1ccccc1OCc1cccc([N+](=O)[O-])c1. The van der Waals surface area contributed by atoms with Crippen molar-refractivity contribution in [3.8, 4) is 5.75 Å². The monoisotopic (exact) mass is 424 g/mol. The second kappa shape index (κ2) is 9.80. The summed E-state index contributed by atoms with van der Waals surface area (Å²) >= 11 is 0. The average molecular weight is 424 g/mol. The van der Waals surface area contributed by atoms with Gasteiger partial charge in [0.25, 0.3) is 5.69 Å². The molecule has 1 atom stereocenters. The predicted octanol–water partition coefficient (Wildman–Crippen LogP) is 5.17. The first kappa shape index (κ1) is 21.9. The fourth-order valence-electron chi connectivity index (χ4n) is 3.36. The molecular weight excluding hydrogens is 400 g/mol. The number of nitrogens with one attached hydrogen (secondary N) is 1. The molecule has 1 unspecified atom stereocenters. The zero-order valence-electron chi connectivity index (χ0n) is 17.6. The number of benzene rings is 2. The summed E-state index contributed by atoms with van der Waals surface area (Å²) in [5.41, 5.74) is 3.09. The second-order valence-electron chi connectivity index (χ2n) is 6.98. The van der Waals surface area contributed by atoms with Crippen LogP contribution < -0.4 is 10.1 Å². The van der Waals surface area contributed by atoms with Crippen LogP contribution in [0.5, 0.6) is 5.75 Å². The Hall–Kier alpha value is -3.81. The van der Waals surface area contributed by atoms with Crippen molar-refractivity contribution in [3.63, 3.8) is 0 Å². The summed E-state index contributed by atoms with van der Waals surface area (Å²) in [5.74, 6) is 0.644. The first-order chi connectivity index (χ1) is 14.9. The van der Waals surface area contributed by atoms with Crippen LogP contribution in [0.25, 0.3) is 0 Å². The Bertz CT molecular complexity index is 1040. The van der Waals surface area contributed by atoms with Crippen molar-refractivity contribution >= 4 is 11.8 Å². The van der Waals surface area contributed by atoms with Crippen molar-refractivity contribution in [2.24, 2.45) is 0 Å². The average Bonchev–Trinajstić information content (AvgIpc) is 2.74. The van der Waals surface area contributed by atoms with E-state index in [2.05, 4.69) is 5.32 Å². The van der Waals surface area contributed by atoms with Gasteiger partial charge in [-0.15, -0.1) is 0 Å². The molecule has 162 valence electrons. The Labute approximate surface area is 180 Å². The molecular formula is C23H24N2O6. The van der Waals surface area contributed by atoms with Crippen LogP contribution in [0, 0.1) is 10.1 Å². The van der Waals surface area contributed by atoms with Crippen LogP contribution in [-0.2, 0) is 16.1 Å². The minimum atomic E-state index is -0.772. The Balaban J connectivity index is 1.88. The summed E-state index contributed by atoms with van der Waals surface area (Å²) in [5, 5.41) is 14.2. The smallest absolute Gasteiger partial charge is 0.489 e. The van der Waals surface area contributed by atoms with Gasteiger partial charge >= 0.3 is 6.16 Å². The minimum absolute atomic E-state index is 0.00924. The van der Waals surface area contributed by atoms with Gasteiger partial charge in [-0.25, -0.2) is 4.79 Å². The van der Waals surface area contributed by atoms with Crippen molar-refractivity contribution < 1.29 is 23.9 Å². The normalized spacial score (nSPS) is 15.6. The maximum atomic E-state index is 12.0. The zero-order chi connectivity index (χ0) is 22.4. The molecule has 0 radical (unpaired) electrons. The van der Waals surface area contributed by atoms with Gasteiger partial charge in [-0.05, 0) is 32.4 Å². The van der Waals surface area contributed by atoms with Crippen molar-refractivity contribution in [3.05, 3.63) is 93.0 Å². The molecule has 3 rings (SSSR count). The largest absolute Gasteiger partial charge is 0.513 e. The lowest BCUT2D eigenvalue weighted by Crippen LogP contribution is -2.23. The number of carbonyl (C=O) groups excluding carboxylic acids is 1. The van der Waals surface area contributed by atoms with E-state index in [9.17, 15) is 14.9 Å². The number of carbonyl (C=O) groups is 1. The van der Waals surface area contributed by atoms with E-state index in [-0.39, 0.29) is 24.8 Å². The molecule has 2 aromatic rings. The Morgan fingerprint density at radius 1 is 1.16 bits per heavy atom. The lowest BCUT2D eigenvalue weighted by atomic mass is 9.92. The van der Waals surface area contributed by atoms with Crippen LogP contribution in [0.4, 0.5) is 10.5 Å². The Morgan fingerprint density at radius 3 is 2.68 bits per heavy atom. The van der Waals surface area contributed by atoms with Crippen LogP contribution in [0.3, 0.4) is 0 Å². The molecule has 1 heterocycles. The molecule has 8 heteroatoms. The number of nitro groups is 1. The van der Waals surface area contributed by atoms with E-state index in [0.29, 0.717) is 22.8 Å². The van der Waals surface area contributed by atoms with Crippen LogP contribution in [0.15, 0.2) is 71.8 Å². The molecule has 0 spiro atoms. The number of nitrogens with zero attached hydrogens (tertiary/aromatic N) is 1. The van der Waals surface area contributed by atoms with Gasteiger partial charge in [0, 0.05) is 23.4 Å². The summed E-state index contributed by atoms with van der Waals surface area (Å²) in [4.78, 5) is 22.6. The molecule has 0 aliphatic carbocycles. The van der Waals surface area contributed by atoms with Gasteiger partial charge in [-0.1, -0.05) is 36.4 Å². The van der Waals surface area contributed by atoms with E-state index in [1.807, 2.05) is 44.2 Å². The van der Waals surface area contributed by atoms with Gasteiger partial charge in [0.2, 0.25) is 0 Å². The van der Waals surface area contributed by atoms with Gasteiger partial charge in [-0.3, -0.25) is 10.1 Å². The van der Waals surface area contributed by atoms with Gasteiger partial charge in [0.05, 0.1) is 23.1 Å². The third-order valence-corrected chi connectivity index (χ3v) is 4.68. The summed E-state index contributed by atoms with van der Waals surface area (Å²) < 4.78 is 16.5. The highest BCUT2D eigenvalue weighted by Crippen LogP contribution is 2.38. The maximum absolute atomic E-state index is 12.0. The number of para-hydroxylation sites is 1. The lowest BCUT2D eigenvalue weighted by Gasteiger charge is -2.27. The fourth-order valence-corrected chi connectivity index (χ4v) is 3.36. The molecule has 1 N–H and O–H groups in total. The van der Waals surface area contributed by atoms with Crippen molar-refractivity contribution in [1.29, 1.82) is 0 Å². The maximum Gasteiger partial charge on any atom is 0.513 e. The van der Waals surface area contributed by atoms with E-state index in [0.717, 1.165) is 11.3 Å². The van der Waals surface area contributed by atoms with Crippen molar-refractivity contribution in [1.82, 2.24) is 5.32 Å². The number of ether oxygens (including phenoxy) is 3. The number of non-ortho nitro benzene ring substituents is 1. The number of hydrogen-bond acceptors (Lipinski definition) is 7. The molecule has 0 fully saturated rings. The van der Waals surface area contributed by atoms with Crippen LogP contribution in [0.1, 0.15) is 37.8 Å². The van der Waals surface area contributed by atoms with Crippen LogP contribution in [-0.4, -0.2) is 17.7 Å². The van der Waals surface area contributed by atoms with Gasteiger partial charge in [-0.2, -0.15) is 0 Å². The van der Waals surface area contributed by atoms with Crippen LogP contribution in [0.2, 0.25) is 0 Å². The molecule has 0 saturated heterocycles. The van der Waals surface area contributed by atoms with E-state index in [1.165, 1.54) is 12.1 Å². The Kier molecular flexibility index (Phi) is 6.92. The zero-order valence-corrected chi connectivity index (χ0v) is 17.6. The number of allylic oxidation sites excluding steroid dienone is 3. The first-order valence-electron chi connectivity index (χ1n) is 9.85. The molecule has 0 aromatic heterocycles. The molecule has 1 aliphatic rings. The van der Waals surface area contributed by atoms with Crippen LogP contribution >= 0.6 is 0 Å². The second-order valence-corrected chi connectivity index (χ2v) is 6.98. The molecule has 0 bridgehead atoms. The lowest BCUT2D eigenvalue weighted by molar-refractivity contribution is -0.384.